The Balaban J connectivity index is 1.96. The van der Waals surface area contributed by atoms with Crippen LogP contribution in [-0.2, 0) is 16.2 Å². The zero-order valence-corrected chi connectivity index (χ0v) is 19.8. The zero-order valence-electron chi connectivity index (χ0n) is 18.8. The highest BCUT2D eigenvalue weighted by Gasteiger charge is 2.18. The van der Waals surface area contributed by atoms with Crippen molar-refractivity contribution < 1.29 is 14.3 Å². The minimum atomic E-state index is -1.10. The smallest absolute Gasteiger partial charge is 0.407 e. The van der Waals surface area contributed by atoms with E-state index >= 15 is 0 Å². The second-order valence-corrected chi connectivity index (χ2v) is 15.3. The van der Waals surface area contributed by atoms with E-state index in [0.29, 0.717) is 13.3 Å². The monoisotopic (exact) mass is 420 g/mol. The van der Waals surface area contributed by atoms with Gasteiger partial charge in [0.25, 0.3) is 0 Å². The molecule has 7 nitrogen and oxygen atoms in total. The summed E-state index contributed by atoms with van der Waals surface area (Å²) in [7, 11) is -1.10. The standard InChI is InChI=1S/C21H36N4O3Si/c1-16(24-20(26)28-21(2,3)4)14-23-19-18-17(8-10-22-19)9-11-25(18)15-27-12-13-29(5,6)7/h8-11,16H,12-15H2,1-7H3,(H,22,23)(H,24,26)/t16-/m0/s1. The van der Waals surface area contributed by atoms with Gasteiger partial charge in [-0.05, 0) is 45.9 Å². The molecule has 2 N–H and O–H groups in total. The van der Waals surface area contributed by atoms with Crippen LogP contribution in [0.2, 0.25) is 25.7 Å². The normalized spacial score (nSPS) is 13.3. The Morgan fingerprint density at radius 3 is 2.66 bits per heavy atom. The molecule has 0 aliphatic rings. The summed E-state index contributed by atoms with van der Waals surface area (Å²) in [5, 5.41) is 7.29. The van der Waals surface area contributed by atoms with Gasteiger partial charge in [-0.1, -0.05) is 19.6 Å². The predicted octanol–water partition coefficient (Wildman–Crippen LogP) is 4.67. The lowest BCUT2D eigenvalue weighted by molar-refractivity contribution is 0.0511. The van der Waals surface area contributed by atoms with Gasteiger partial charge in [-0.15, -0.1) is 0 Å². The molecule has 8 heteroatoms. The number of amides is 1. The van der Waals surface area contributed by atoms with E-state index in [2.05, 4.69) is 45.9 Å². The van der Waals surface area contributed by atoms with Gasteiger partial charge < -0.3 is 24.7 Å². The molecule has 2 aromatic rings. The summed E-state index contributed by atoms with van der Waals surface area (Å²) >= 11 is 0. The highest BCUT2D eigenvalue weighted by atomic mass is 28.3. The van der Waals surface area contributed by atoms with Crippen LogP contribution in [0.5, 0.6) is 0 Å². The van der Waals surface area contributed by atoms with Crippen molar-refractivity contribution in [1.82, 2.24) is 14.9 Å². The lowest BCUT2D eigenvalue weighted by Crippen LogP contribution is -2.40. The Bertz CT molecular complexity index is 808. The van der Waals surface area contributed by atoms with Gasteiger partial charge in [0.1, 0.15) is 12.3 Å². The highest BCUT2D eigenvalue weighted by Crippen LogP contribution is 2.22. The van der Waals surface area contributed by atoms with Crippen molar-refractivity contribution in [2.75, 3.05) is 18.5 Å². The number of fused-ring (bicyclic) bond motifs is 1. The topological polar surface area (TPSA) is 77.4 Å². The molecule has 0 saturated heterocycles. The molecule has 2 aromatic heterocycles. The zero-order chi connectivity index (χ0) is 21.7. The fourth-order valence-electron chi connectivity index (χ4n) is 2.74. The number of nitrogens with one attached hydrogen (secondary N) is 2. The molecule has 2 heterocycles. The molecule has 2 rings (SSSR count). The Morgan fingerprint density at radius 1 is 1.28 bits per heavy atom. The van der Waals surface area contributed by atoms with Crippen molar-refractivity contribution in [2.24, 2.45) is 0 Å². The van der Waals surface area contributed by atoms with Crippen LogP contribution in [0, 0.1) is 0 Å². The maximum absolute atomic E-state index is 11.9. The van der Waals surface area contributed by atoms with Crippen molar-refractivity contribution in [3.05, 3.63) is 24.5 Å². The van der Waals surface area contributed by atoms with Crippen LogP contribution in [0.4, 0.5) is 10.6 Å². The largest absolute Gasteiger partial charge is 0.444 e. The lowest BCUT2D eigenvalue weighted by Gasteiger charge is -2.22. The third kappa shape index (κ3) is 8.06. The maximum atomic E-state index is 11.9. The number of anilines is 1. The number of rotatable bonds is 9. The van der Waals surface area contributed by atoms with Gasteiger partial charge in [0.15, 0.2) is 5.82 Å². The molecule has 0 aliphatic carbocycles. The third-order valence-corrected chi connectivity index (χ3v) is 5.95. The van der Waals surface area contributed by atoms with Crippen molar-refractivity contribution >= 4 is 30.9 Å². The molecule has 1 atom stereocenters. The van der Waals surface area contributed by atoms with E-state index in [4.69, 9.17) is 9.47 Å². The SMILES string of the molecule is C[C@@H](CNc1nccc2ccn(COCC[Si](C)(C)C)c12)NC(=O)OC(C)(C)C. The molecule has 0 spiro atoms. The van der Waals surface area contributed by atoms with Crippen LogP contribution in [0.3, 0.4) is 0 Å². The van der Waals surface area contributed by atoms with Gasteiger partial charge in [-0.2, -0.15) is 0 Å². The average Bonchev–Trinajstić information content (AvgIpc) is 2.98. The summed E-state index contributed by atoms with van der Waals surface area (Å²) in [6.45, 7) is 16.3. The Labute approximate surface area is 175 Å². The average molecular weight is 421 g/mol. The molecule has 0 bridgehead atoms. The molecular weight excluding hydrogens is 384 g/mol. The Hall–Kier alpha value is -2.06. The van der Waals surface area contributed by atoms with E-state index < -0.39 is 19.8 Å². The number of nitrogens with zero attached hydrogens (tertiary/aromatic N) is 2. The molecule has 0 unspecified atom stereocenters. The number of carbonyl (C=O) groups is 1. The van der Waals surface area contributed by atoms with Crippen molar-refractivity contribution in [2.45, 2.75) is 71.8 Å². The van der Waals surface area contributed by atoms with Gasteiger partial charge in [-0.25, -0.2) is 9.78 Å². The summed E-state index contributed by atoms with van der Waals surface area (Å²) in [6, 6.07) is 5.08. The van der Waals surface area contributed by atoms with Gasteiger partial charge in [0.05, 0.1) is 5.52 Å². The van der Waals surface area contributed by atoms with Gasteiger partial charge >= 0.3 is 6.09 Å². The molecule has 0 aliphatic heterocycles. The van der Waals surface area contributed by atoms with Crippen LogP contribution in [0.25, 0.3) is 10.9 Å². The molecule has 0 aromatic carbocycles. The maximum Gasteiger partial charge on any atom is 0.407 e. The second-order valence-electron chi connectivity index (χ2n) is 9.66. The quantitative estimate of drug-likeness (QED) is 0.455. The number of pyridine rings is 1. The number of aromatic nitrogens is 2. The first-order valence-electron chi connectivity index (χ1n) is 10.2. The van der Waals surface area contributed by atoms with E-state index in [1.807, 2.05) is 40.0 Å². The van der Waals surface area contributed by atoms with Crippen LogP contribution in [0.1, 0.15) is 27.7 Å². The summed E-state index contributed by atoms with van der Waals surface area (Å²) in [4.78, 5) is 16.4. The fraction of sp³-hybridized carbons (Fsp3) is 0.619. The van der Waals surface area contributed by atoms with Crippen LogP contribution < -0.4 is 10.6 Å². The molecule has 0 saturated carbocycles. The van der Waals surface area contributed by atoms with Gasteiger partial charge in [0, 0.05) is 45.0 Å². The Kier molecular flexibility index (Phi) is 7.71. The van der Waals surface area contributed by atoms with E-state index in [1.165, 1.54) is 0 Å². The van der Waals surface area contributed by atoms with Crippen LogP contribution in [-0.4, -0.2) is 48.5 Å². The van der Waals surface area contributed by atoms with Crippen molar-refractivity contribution in [1.29, 1.82) is 0 Å². The van der Waals surface area contributed by atoms with Crippen LogP contribution >= 0.6 is 0 Å². The first-order valence-corrected chi connectivity index (χ1v) is 13.9. The third-order valence-electron chi connectivity index (χ3n) is 4.24. The predicted molar refractivity (Wildman–Crippen MR) is 121 cm³/mol. The van der Waals surface area contributed by atoms with E-state index in [0.717, 1.165) is 29.4 Å². The van der Waals surface area contributed by atoms with Gasteiger partial charge in [-0.3, -0.25) is 0 Å². The Morgan fingerprint density at radius 2 is 2.00 bits per heavy atom. The molecule has 29 heavy (non-hydrogen) atoms. The summed E-state index contributed by atoms with van der Waals surface area (Å²) in [5.41, 5.74) is 0.491. The van der Waals surface area contributed by atoms with Crippen LogP contribution in [0.15, 0.2) is 24.5 Å². The summed E-state index contributed by atoms with van der Waals surface area (Å²) in [5.74, 6) is 0.777. The second kappa shape index (κ2) is 9.62. The first kappa shape index (κ1) is 23.2. The van der Waals surface area contributed by atoms with E-state index in [1.54, 1.807) is 6.20 Å². The fourth-order valence-corrected chi connectivity index (χ4v) is 3.49. The highest BCUT2D eigenvalue weighted by molar-refractivity contribution is 6.76. The minimum absolute atomic E-state index is 0.113. The molecule has 162 valence electrons. The molecule has 0 radical (unpaired) electrons. The lowest BCUT2D eigenvalue weighted by atomic mass is 10.2. The summed E-state index contributed by atoms with van der Waals surface area (Å²) in [6.07, 6.45) is 3.39. The number of alkyl carbamates (subject to hydrolysis) is 1. The molecule has 0 fully saturated rings. The van der Waals surface area contributed by atoms with Crippen molar-refractivity contribution in [3.8, 4) is 0 Å². The number of carbonyl (C=O) groups excluding carboxylic acids is 1. The van der Waals surface area contributed by atoms with Crippen molar-refractivity contribution in [3.63, 3.8) is 0 Å². The van der Waals surface area contributed by atoms with Gasteiger partial charge in [0.2, 0.25) is 0 Å². The first-order chi connectivity index (χ1) is 13.4. The summed E-state index contributed by atoms with van der Waals surface area (Å²) < 4.78 is 13.3. The van der Waals surface area contributed by atoms with E-state index in [-0.39, 0.29) is 6.04 Å². The number of hydrogen-bond acceptors (Lipinski definition) is 5. The number of hydrogen-bond donors (Lipinski definition) is 2. The molecule has 1 amide bonds. The molecular formula is C21H36N4O3Si. The number of ether oxygens (including phenoxy) is 2. The minimum Gasteiger partial charge on any atom is -0.444 e. The van der Waals surface area contributed by atoms with E-state index in [9.17, 15) is 4.79 Å².